The second-order valence-electron chi connectivity index (χ2n) is 4.51. The summed E-state index contributed by atoms with van der Waals surface area (Å²) in [6, 6.07) is 9.80. The first kappa shape index (κ1) is 12.3. The summed E-state index contributed by atoms with van der Waals surface area (Å²) in [5.74, 6) is 0. The van der Waals surface area contributed by atoms with Crippen molar-refractivity contribution >= 4 is 0 Å². The summed E-state index contributed by atoms with van der Waals surface area (Å²) in [5, 5.41) is 9.17. The van der Waals surface area contributed by atoms with Crippen LogP contribution in [0, 0.1) is 18.3 Å². The second kappa shape index (κ2) is 5.03. The summed E-state index contributed by atoms with van der Waals surface area (Å²) in [6.45, 7) is 2.79. The Hall–Kier alpha value is -2.12. The molecular formula is C14H16N4. The highest BCUT2D eigenvalue weighted by Crippen LogP contribution is 2.18. The Kier molecular flexibility index (Phi) is 3.45. The van der Waals surface area contributed by atoms with Crippen molar-refractivity contribution in [1.29, 1.82) is 5.26 Å². The van der Waals surface area contributed by atoms with E-state index in [2.05, 4.69) is 16.0 Å². The van der Waals surface area contributed by atoms with E-state index in [0.29, 0.717) is 5.56 Å². The minimum atomic E-state index is 0.662. The van der Waals surface area contributed by atoms with Crippen LogP contribution in [0.15, 0.2) is 30.6 Å². The first-order valence-corrected chi connectivity index (χ1v) is 5.80. The molecule has 4 nitrogen and oxygen atoms in total. The van der Waals surface area contributed by atoms with Crippen molar-refractivity contribution in [3.8, 4) is 11.8 Å². The lowest BCUT2D eigenvalue weighted by Crippen LogP contribution is -2.15. The van der Waals surface area contributed by atoms with E-state index in [4.69, 9.17) is 5.26 Å². The van der Waals surface area contributed by atoms with Crippen LogP contribution < -0.4 is 0 Å². The molecule has 1 heterocycles. The fraction of sp³-hybridized carbons (Fsp3) is 0.286. The van der Waals surface area contributed by atoms with Gasteiger partial charge in [0, 0.05) is 6.54 Å². The molecule has 0 N–H and O–H groups in total. The minimum absolute atomic E-state index is 0.662. The molecule has 0 aliphatic carbocycles. The molecule has 92 valence electrons. The van der Waals surface area contributed by atoms with Crippen LogP contribution >= 0.6 is 0 Å². The standard InChI is InChI=1S/C14H16N4/c1-11-14(9-17(2)3)18(10-16-11)13-7-5-4-6-12(13)8-15/h4-7,10H,9H2,1-3H3. The molecule has 0 radical (unpaired) electrons. The molecule has 0 aliphatic heterocycles. The molecule has 1 aromatic carbocycles. The van der Waals surface area contributed by atoms with E-state index in [1.807, 2.05) is 49.9 Å². The Bertz CT molecular complexity index is 590. The largest absolute Gasteiger partial charge is 0.304 e. The van der Waals surface area contributed by atoms with Crippen molar-refractivity contribution < 1.29 is 0 Å². The van der Waals surface area contributed by atoms with Crippen LogP contribution in [0.3, 0.4) is 0 Å². The highest BCUT2D eigenvalue weighted by molar-refractivity contribution is 5.49. The summed E-state index contributed by atoms with van der Waals surface area (Å²) in [7, 11) is 4.04. The number of benzene rings is 1. The Labute approximate surface area is 107 Å². The molecule has 18 heavy (non-hydrogen) atoms. The SMILES string of the molecule is Cc1ncn(-c2ccccc2C#N)c1CN(C)C. The van der Waals surface area contributed by atoms with E-state index >= 15 is 0 Å². The van der Waals surface area contributed by atoms with Crippen LogP contribution in [0.4, 0.5) is 0 Å². The van der Waals surface area contributed by atoms with Crippen molar-refractivity contribution in [2.75, 3.05) is 14.1 Å². The van der Waals surface area contributed by atoms with Gasteiger partial charge in [0.1, 0.15) is 6.07 Å². The average molecular weight is 240 g/mol. The first-order valence-electron chi connectivity index (χ1n) is 5.80. The van der Waals surface area contributed by atoms with Gasteiger partial charge in [-0.05, 0) is 33.2 Å². The van der Waals surface area contributed by atoms with Crippen molar-refractivity contribution in [3.63, 3.8) is 0 Å². The van der Waals surface area contributed by atoms with Crippen LogP contribution in [0.5, 0.6) is 0 Å². The molecule has 0 unspecified atom stereocenters. The fourth-order valence-corrected chi connectivity index (χ4v) is 1.94. The maximum absolute atomic E-state index is 9.17. The Morgan fingerprint density at radius 2 is 2.06 bits per heavy atom. The van der Waals surface area contributed by atoms with Gasteiger partial charge in [-0.25, -0.2) is 4.98 Å². The summed E-state index contributed by atoms with van der Waals surface area (Å²) >= 11 is 0. The van der Waals surface area contributed by atoms with Gasteiger partial charge in [0.15, 0.2) is 0 Å². The van der Waals surface area contributed by atoms with E-state index in [1.54, 1.807) is 6.33 Å². The van der Waals surface area contributed by atoms with Gasteiger partial charge in [-0.15, -0.1) is 0 Å². The molecule has 0 amide bonds. The van der Waals surface area contributed by atoms with Gasteiger partial charge in [-0.3, -0.25) is 0 Å². The topological polar surface area (TPSA) is 44.9 Å². The van der Waals surface area contributed by atoms with Crippen LogP contribution in [0.25, 0.3) is 5.69 Å². The predicted octanol–water partition coefficient (Wildman–Crippen LogP) is 2.11. The summed E-state index contributed by atoms with van der Waals surface area (Å²) in [5.41, 5.74) is 3.66. The molecular weight excluding hydrogens is 224 g/mol. The second-order valence-corrected chi connectivity index (χ2v) is 4.51. The molecule has 2 aromatic rings. The quantitative estimate of drug-likeness (QED) is 0.825. The van der Waals surface area contributed by atoms with Gasteiger partial charge in [0.05, 0.1) is 29.0 Å². The molecule has 4 heteroatoms. The average Bonchev–Trinajstić information content (AvgIpc) is 2.70. The van der Waals surface area contributed by atoms with Crippen molar-refractivity contribution in [3.05, 3.63) is 47.5 Å². The van der Waals surface area contributed by atoms with Crippen molar-refractivity contribution in [2.45, 2.75) is 13.5 Å². The molecule has 0 saturated heterocycles. The zero-order valence-electron chi connectivity index (χ0n) is 10.9. The van der Waals surface area contributed by atoms with Gasteiger partial charge in [0.25, 0.3) is 0 Å². The molecule has 0 aliphatic rings. The van der Waals surface area contributed by atoms with E-state index in [-0.39, 0.29) is 0 Å². The Morgan fingerprint density at radius 1 is 1.33 bits per heavy atom. The van der Waals surface area contributed by atoms with Gasteiger partial charge < -0.3 is 9.47 Å². The number of nitriles is 1. The predicted molar refractivity (Wildman–Crippen MR) is 70.4 cm³/mol. The highest BCUT2D eigenvalue weighted by Gasteiger charge is 2.12. The molecule has 2 rings (SSSR count). The number of aryl methyl sites for hydroxylation is 1. The Morgan fingerprint density at radius 3 is 2.72 bits per heavy atom. The molecule has 0 fully saturated rings. The van der Waals surface area contributed by atoms with Gasteiger partial charge in [-0.2, -0.15) is 5.26 Å². The molecule has 0 saturated carbocycles. The third-order valence-corrected chi connectivity index (χ3v) is 2.83. The van der Waals surface area contributed by atoms with Gasteiger partial charge >= 0.3 is 0 Å². The zero-order chi connectivity index (χ0) is 13.1. The van der Waals surface area contributed by atoms with E-state index in [9.17, 15) is 0 Å². The maximum Gasteiger partial charge on any atom is 0.101 e. The lowest BCUT2D eigenvalue weighted by molar-refractivity contribution is 0.393. The number of para-hydroxylation sites is 1. The molecule has 1 aromatic heterocycles. The smallest absolute Gasteiger partial charge is 0.101 e. The highest BCUT2D eigenvalue weighted by atomic mass is 15.1. The van der Waals surface area contributed by atoms with E-state index in [1.165, 1.54) is 0 Å². The summed E-state index contributed by atoms with van der Waals surface area (Å²) in [4.78, 5) is 6.44. The minimum Gasteiger partial charge on any atom is -0.304 e. The van der Waals surface area contributed by atoms with Crippen LogP contribution in [0.1, 0.15) is 17.0 Å². The number of hydrogen-bond donors (Lipinski definition) is 0. The fourth-order valence-electron chi connectivity index (χ4n) is 1.94. The van der Waals surface area contributed by atoms with Gasteiger partial charge in [0.2, 0.25) is 0 Å². The van der Waals surface area contributed by atoms with Crippen molar-refractivity contribution in [2.24, 2.45) is 0 Å². The number of nitrogens with zero attached hydrogens (tertiary/aromatic N) is 4. The zero-order valence-corrected chi connectivity index (χ0v) is 10.9. The van der Waals surface area contributed by atoms with Gasteiger partial charge in [-0.1, -0.05) is 12.1 Å². The first-order chi connectivity index (χ1) is 8.63. The third-order valence-electron chi connectivity index (χ3n) is 2.83. The van der Waals surface area contributed by atoms with E-state index in [0.717, 1.165) is 23.6 Å². The summed E-state index contributed by atoms with van der Waals surface area (Å²) in [6.07, 6.45) is 1.78. The maximum atomic E-state index is 9.17. The molecule has 0 atom stereocenters. The normalized spacial score (nSPS) is 10.6. The molecule has 0 bridgehead atoms. The van der Waals surface area contributed by atoms with Crippen LogP contribution in [-0.4, -0.2) is 28.5 Å². The Balaban J connectivity index is 2.55. The van der Waals surface area contributed by atoms with Crippen LogP contribution in [0.2, 0.25) is 0 Å². The third kappa shape index (κ3) is 2.27. The number of aromatic nitrogens is 2. The van der Waals surface area contributed by atoms with Crippen molar-refractivity contribution in [1.82, 2.24) is 14.5 Å². The number of imidazole rings is 1. The lowest BCUT2D eigenvalue weighted by Gasteiger charge is -2.14. The van der Waals surface area contributed by atoms with E-state index < -0.39 is 0 Å². The molecule has 0 spiro atoms. The lowest BCUT2D eigenvalue weighted by atomic mass is 10.2. The van der Waals surface area contributed by atoms with Crippen LogP contribution in [-0.2, 0) is 6.54 Å². The monoisotopic (exact) mass is 240 g/mol. The number of hydrogen-bond acceptors (Lipinski definition) is 3. The summed E-state index contributed by atoms with van der Waals surface area (Å²) < 4.78 is 1.99. The number of rotatable bonds is 3.